The summed E-state index contributed by atoms with van der Waals surface area (Å²) in [7, 11) is 1.60. The number of furan rings is 1. The van der Waals surface area contributed by atoms with E-state index in [1.165, 1.54) is 18.2 Å². The molecule has 0 aliphatic carbocycles. The highest BCUT2D eigenvalue weighted by Gasteiger charge is 2.11. The molecule has 3 aromatic rings. The van der Waals surface area contributed by atoms with E-state index in [0.29, 0.717) is 16.9 Å². The fourth-order valence-electron chi connectivity index (χ4n) is 2.09. The topological polar surface area (TPSA) is 62.8 Å². The molecule has 0 atom stereocenters. The van der Waals surface area contributed by atoms with E-state index in [2.05, 4.69) is 0 Å². The van der Waals surface area contributed by atoms with Crippen molar-refractivity contribution in [2.24, 2.45) is 0 Å². The highest BCUT2D eigenvalue weighted by atomic mass is 16.5. The number of aromatic hydroxyl groups is 2. The van der Waals surface area contributed by atoms with Gasteiger partial charge < -0.3 is 19.4 Å². The van der Waals surface area contributed by atoms with Crippen LogP contribution in [-0.4, -0.2) is 17.3 Å². The average Bonchev–Trinajstić information content (AvgIpc) is 2.81. The van der Waals surface area contributed by atoms with Gasteiger partial charge in [0.15, 0.2) is 0 Å². The van der Waals surface area contributed by atoms with Gasteiger partial charge in [0.05, 0.1) is 12.5 Å². The molecule has 96 valence electrons. The third kappa shape index (κ3) is 1.97. The van der Waals surface area contributed by atoms with Gasteiger partial charge in [0.25, 0.3) is 0 Å². The first kappa shape index (κ1) is 11.5. The van der Waals surface area contributed by atoms with Crippen LogP contribution < -0.4 is 4.74 Å². The fraction of sp³-hybridized carbons (Fsp3) is 0.0667. The Bertz CT molecular complexity index is 723. The normalized spacial score (nSPS) is 10.8. The van der Waals surface area contributed by atoms with Gasteiger partial charge in [-0.1, -0.05) is 6.07 Å². The lowest BCUT2D eigenvalue weighted by atomic mass is 10.1. The molecule has 2 N–H and O–H groups in total. The van der Waals surface area contributed by atoms with Gasteiger partial charge in [0.1, 0.15) is 28.6 Å². The minimum atomic E-state index is -0.0116. The summed E-state index contributed by atoms with van der Waals surface area (Å²) in [5.74, 6) is 1.26. The number of methoxy groups -OCH3 is 1. The Morgan fingerprint density at radius 2 is 1.74 bits per heavy atom. The van der Waals surface area contributed by atoms with Crippen molar-refractivity contribution in [1.29, 1.82) is 0 Å². The smallest absolute Gasteiger partial charge is 0.138 e. The highest BCUT2D eigenvalue weighted by Crippen LogP contribution is 2.35. The lowest BCUT2D eigenvalue weighted by Gasteiger charge is -1.99. The van der Waals surface area contributed by atoms with Crippen LogP contribution >= 0.6 is 0 Å². The molecule has 19 heavy (non-hydrogen) atoms. The average molecular weight is 256 g/mol. The second kappa shape index (κ2) is 4.24. The van der Waals surface area contributed by atoms with Crippen LogP contribution in [0.15, 0.2) is 46.9 Å². The van der Waals surface area contributed by atoms with Gasteiger partial charge in [0, 0.05) is 11.6 Å². The van der Waals surface area contributed by atoms with Gasteiger partial charge in [-0.05, 0) is 30.3 Å². The number of benzene rings is 2. The number of phenolic OH excluding ortho intramolecular Hbond substituents is 2. The quantitative estimate of drug-likeness (QED) is 0.736. The van der Waals surface area contributed by atoms with Gasteiger partial charge in [-0.2, -0.15) is 0 Å². The van der Waals surface area contributed by atoms with Crippen LogP contribution in [0.5, 0.6) is 17.2 Å². The van der Waals surface area contributed by atoms with Gasteiger partial charge in [-0.15, -0.1) is 0 Å². The Kier molecular flexibility index (Phi) is 2.56. The number of phenols is 2. The summed E-state index contributed by atoms with van der Waals surface area (Å²) in [4.78, 5) is 0. The fourth-order valence-corrected chi connectivity index (χ4v) is 2.09. The predicted molar refractivity (Wildman–Crippen MR) is 71.5 cm³/mol. The van der Waals surface area contributed by atoms with Crippen molar-refractivity contribution >= 4 is 11.0 Å². The lowest BCUT2D eigenvalue weighted by Crippen LogP contribution is -1.81. The van der Waals surface area contributed by atoms with Crippen molar-refractivity contribution in [3.63, 3.8) is 0 Å². The van der Waals surface area contributed by atoms with Gasteiger partial charge >= 0.3 is 0 Å². The zero-order valence-corrected chi connectivity index (χ0v) is 10.3. The van der Waals surface area contributed by atoms with Crippen molar-refractivity contribution in [2.45, 2.75) is 0 Å². The zero-order valence-electron chi connectivity index (χ0n) is 10.3. The molecule has 0 spiro atoms. The van der Waals surface area contributed by atoms with Crippen molar-refractivity contribution in [3.05, 3.63) is 42.5 Å². The summed E-state index contributed by atoms with van der Waals surface area (Å²) in [6.07, 6.45) is 0. The minimum absolute atomic E-state index is 0.0116. The summed E-state index contributed by atoms with van der Waals surface area (Å²) < 4.78 is 11.0. The molecule has 2 aromatic carbocycles. The Morgan fingerprint density at radius 1 is 1.00 bits per heavy atom. The maximum atomic E-state index is 9.50. The maximum Gasteiger partial charge on any atom is 0.138 e. The molecule has 0 amide bonds. The monoisotopic (exact) mass is 256 g/mol. The molecule has 0 saturated heterocycles. The molecular weight excluding hydrogens is 244 g/mol. The first-order valence-corrected chi connectivity index (χ1v) is 5.77. The van der Waals surface area contributed by atoms with E-state index >= 15 is 0 Å². The molecule has 0 aliphatic rings. The minimum Gasteiger partial charge on any atom is -0.508 e. The van der Waals surface area contributed by atoms with Crippen molar-refractivity contribution in [2.75, 3.05) is 7.11 Å². The standard InChI is InChI=1S/C15H12O4/c1-18-13-3-2-4-14-12(13)8-15(19-14)9-5-10(16)7-11(17)6-9/h2-8,16-17H,1H3. The number of fused-ring (bicyclic) bond motifs is 1. The van der Waals surface area contributed by atoms with Crippen LogP contribution in [0.2, 0.25) is 0 Å². The van der Waals surface area contributed by atoms with Crippen LogP contribution in [0.4, 0.5) is 0 Å². The van der Waals surface area contributed by atoms with Crippen LogP contribution in [0.1, 0.15) is 0 Å². The summed E-state index contributed by atoms with van der Waals surface area (Å²) >= 11 is 0. The SMILES string of the molecule is COc1cccc2oc(-c3cc(O)cc(O)c3)cc12. The van der Waals surface area contributed by atoms with Crippen LogP contribution in [0, 0.1) is 0 Å². The Morgan fingerprint density at radius 3 is 2.42 bits per heavy atom. The second-order valence-electron chi connectivity index (χ2n) is 4.22. The van der Waals surface area contributed by atoms with E-state index in [1.54, 1.807) is 7.11 Å². The van der Waals surface area contributed by atoms with E-state index in [9.17, 15) is 10.2 Å². The molecule has 0 radical (unpaired) electrons. The summed E-state index contributed by atoms with van der Waals surface area (Å²) in [6, 6.07) is 11.7. The molecule has 0 saturated carbocycles. The van der Waals surface area contributed by atoms with Gasteiger partial charge in [-0.3, -0.25) is 0 Å². The summed E-state index contributed by atoms with van der Waals surface area (Å²) in [6.45, 7) is 0. The largest absolute Gasteiger partial charge is 0.508 e. The summed E-state index contributed by atoms with van der Waals surface area (Å²) in [5.41, 5.74) is 1.30. The Balaban J connectivity index is 2.20. The van der Waals surface area contributed by atoms with Crippen molar-refractivity contribution < 1.29 is 19.4 Å². The van der Waals surface area contributed by atoms with E-state index in [4.69, 9.17) is 9.15 Å². The molecule has 4 heteroatoms. The van der Waals surface area contributed by atoms with E-state index < -0.39 is 0 Å². The van der Waals surface area contributed by atoms with Crippen LogP contribution in [0.3, 0.4) is 0 Å². The number of hydrogen-bond acceptors (Lipinski definition) is 4. The molecule has 3 rings (SSSR count). The van der Waals surface area contributed by atoms with Gasteiger partial charge in [0.2, 0.25) is 0 Å². The Hall–Kier alpha value is -2.62. The first-order chi connectivity index (χ1) is 9.17. The number of rotatable bonds is 2. The molecule has 0 bridgehead atoms. The van der Waals surface area contributed by atoms with E-state index in [1.807, 2.05) is 24.3 Å². The number of hydrogen-bond donors (Lipinski definition) is 2. The molecule has 1 aromatic heterocycles. The zero-order chi connectivity index (χ0) is 13.4. The van der Waals surface area contributed by atoms with Crippen LogP contribution in [-0.2, 0) is 0 Å². The highest BCUT2D eigenvalue weighted by molar-refractivity contribution is 5.88. The molecule has 0 unspecified atom stereocenters. The van der Waals surface area contributed by atoms with Gasteiger partial charge in [-0.25, -0.2) is 0 Å². The molecule has 1 heterocycles. The second-order valence-corrected chi connectivity index (χ2v) is 4.22. The first-order valence-electron chi connectivity index (χ1n) is 5.77. The molecule has 0 aliphatic heterocycles. The summed E-state index contributed by atoms with van der Waals surface area (Å²) in [5, 5.41) is 19.9. The molecule has 4 nitrogen and oxygen atoms in total. The van der Waals surface area contributed by atoms with Crippen molar-refractivity contribution in [1.82, 2.24) is 0 Å². The third-order valence-corrected chi connectivity index (χ3v) is 2.93. The molecular formula is C15H12O4. The van der Waals surface area contributed by atoms with E-state index in [-0.39, 0.29) is 11.5 Å². The molecule has 0 fully saturated rings. The number of ether oxygens (including phenoxy) is 1. The lowest BCUT2D eigenvalue weighted by molar-refractivity contribution is 0.419. The van der Waals surface area contributed by atoms with Crippen molar-refractivity contribution in [3.8, 4) is 28.6 Å². The van der Waals surface area contributed by atoms with E-state index in [0.717, 1.165) is 11.1 Å². The van der Waals surface area contributed by atoms with Crippen LogP contribution in [0.25, 0.3) is 22.3 Å². The predicted octanol–water partition coefficient (Wildman–Crippen LogP) is 3.52. The maximum absolute atomic E-state index is 9.50. The Labute approximate surface area is 109 Å². The third-order valence-electron chi connectivity index (χ3n) is 2.93.